The number of nitrogens with one attached hydrogen (secondary N) is 2. The number of fused-ring (bicyclic) bond motifs is 1. The number of benzene rings is 1. The molecule has 1 saturated heterocycles. The van der Waals surface area contributed by atoms with E-state index < -0.39 is 11.7 Å². The van der Waals surface area contributed by atoms with Gasteiger partial charge in [0.2, 0.25) is 5.95 Å². The van der Waals surface area contributed by atoms with Gasteiger partial charge in [0.05, 0.1) is 16.5 Å². The van der Waals surface area contributed by atoms with Gasteiger partial charge in [0.1, 0.15) is 5.82 Å². The summed E-state index contributed by atoms with van der Waals surface area (Å²) in [5.74, 6) is 0.940. The van der Waals surface area contributed by atoms with Crippen molar-refractivity contribution >= 4 is 38.6 Å². The molecule has 0 spiro atoms. The highest BCUT2D eigenvalue weighted by Crippen LogP contribution is 2.30. The summed E-state index contributed by atoms with van der Waals surface area (Å²) in [5.41, 5.74) is -0.368. The summed E-state index contributed by atoms with van der Waals surface area (Å²) in [4.78, 5) is 25.4. The topological polar surface area (TPSA) is 73.9 Å². The van der Waals surface area contributed by atoms with Crippen LogP contribution in [0.15, 0.2) is 45.8 Å². The highest BCUT2D eigenvalue weighted by Gasteiger charge is 2.31. The second-order valence-electron chi connectivity index (χ2n) is 6.88. The number of aromatic nitrogens is 3. The summed E-state index contributed by atoms with van der Waals surface area (Å²) in [5, 5.41) is 3.76. The third-order valence-corrected chi connectivity index (χ3v) is 5.40. The monoisotopic (exact) mass is 467 g/mol. The van der Waals surface area contributed by atoms with Crippen LogP contribution < -0.4 is 15.8 Å². The minimum absolute atomic E-state index is 0.0942. The van der Waals surface area contributed by atoms with Crippen molar-refractivity contribution in [3.63, 3.8) is 0 Å². The number of aromatic amines is 1. The number of rotatable bonds is 3. The molecule has 0 saturated carbocycles. The van der Waals surface area contributed by atoms with E-state index in [1.807, 2.05) is 11.0 Å². The van der Waals surface area contributed by atoms with Crippen LogP contribution in [0.25, 0.3) is 10.9 Å². The summed E-state index contributed by atoms with van der Waals surface area (Å²) in [6, 6.07) is 7.87. The van der Waals surface area contributed by atoms with Gasteiger partial charge >= 0.3 is 6.18 Å². The van der Waals surface area contributed by atoms with Crippen molar-refractivity contribution in [1.29, 1.82) is 0 Å². The van der Waals surface area contributed by atoms with Gasteiger partial charge in [-0.25, -0.2) is 9.97 Å². The normalized spacial score (nSPS) is 15.7. The van der Waals surface area contributed by atoms with Crippen molar-refractivity contribution < 1.29 is 13.2 Å². The van der Waals surface area contributed by atoms with Crippen molar-refractivity contribution in [2.24, 2.45) is 0 Å². The molecule has 3 aromatic rings. The molecule has 1 aliphatic rings. The van der Waals surface area contributed by atoms with Crippen molar-refractivity contribution in [2.45, 2.75) is 25.1 Å². The van der Waals surface area contributed by atoms with E-state index in [9.17, 15) is 18.0 Å². The molecule has 0 aliphatic carbocycles. The summed E-state index contributed by atoms with van der Waals surface area (Å²) in [6.07, 6.45) is -2.04. The third kappa shape index (κ3) is 4.36. The van der Waals surface area contributed by atoms with Crippen molar-refractivity contribution in [3.05, 3.63) is 56.9 Å². The number of alkyl halides is 3. The predicted molar refractivity (Wildman–Crippen MR) is 108 cm³/mol. The third-order valence-electron chi connectivity index (χ3n) is 4.90. The lowest BCUT2D eigenvalue weighted by molar-refractivity contribution is -0.137. The second kappa shape index (κ2) is 7.66. The second-order valence-corrected chi connectivity index (χ2v) is 7.80. The standard InChI is InChI=1S/C19H17BrF3N5O/c20-12-2-3-15-14(9-12)17(29)27-18(26-15)25-13-5-7-28(8-6-13)16-4-1-11(10-24-16)19(21,22)23/h1-4,9-10,13H,5-8H2,(H2,25,26,27,29). The average molecular weight is 468 g/mol. The summed E-state index contributed by atoms with van der Waals surface area (Å²) in [7, 11) is 0. The van der Waals surface area contributed by atoms with E-state index in [1.165, 1.54) is 6.07 Å². The first-order valence-corrected chi connectivity index (χ1v) is 9.83. The van der Waals surface area contributed by atoms with Crippen LogP contribution in [-0.4, -0.2) is 34.1 Å². The minimum atomic E-state index is -4.39. The fourth-order valence-electron chi connectivity index (χ4n) is 3.37. The molecule has 6 nitrogen and oxygen atoms in total. The molecule has 0 atom stereocenters. The number of anilines is 2. The molecule has 1 fully saturated rings. The maximum atomic E-state index is 12.7. The minimum Gasteiger partial charge on any atom is -0.356 e. The van der Waals surface area contributed by atoms with E-state index in [-0.39, 0.29) is 11.6 Å². The maximum Gasteiger partial charge on any atom is 0.417 e. The van der Waals surface area contributed by atoms with Crippen LogP contribution in [0.4, 0.5) is 24.9 Å². The van der Waals surface area contributed by atoms with E-state index in [2.05, 4.69) is 36.2 Å². The number of halogens is 4. The molecule has 2 aromatic heterocycles. The van der Waals surface area contributed by atoms with E-state index in [0.717, 1.165) is 29.6 Å². The Labute approximate surface area is 172 Å². The molecule has 0 bridgehead atoms. The molecular weight excluding hydrogens is 451 g/mol. The van der Waals surface area contributed by atoms with Gasteiger partial charge in [-0.15, -0.1) is 0 Å². The van der Waals surface area contributed by atoms with Crippen LogP contribution in [0.3, 0.4) is 0 Å². The molecule has 3 heterocycles. The molecule has 1 aliphatic heterocycles. The van der Waals surface area contributed by atoms with Gasteiger partial charge in [-0.3, -0.25) is 9.78 Å². The fraction of sp³-hybridized carbons (Fsp3) is 0.316. The molecule has 152 valence electrons. The Kier molecular flexibility index (Phi) is 5.20. The van der Waals surface area contributed by atoms with Crippen molar-refractivity contribution in [3.8, 4) is 0 Å². The van der Waals surface area contributed by atoms with Crippen LogP contribution in [0.1, 0.15) is 18.4 Å². The van der Waals surface area contributed by atoms with Crippen LogP contribution >= 0.6 is 15.9 Å². The number of H-pyrrole nitrogens is 1. The van der Waals surface area contributed by atoms with Crippen LogP contribution in [-0.2, 0) is 6.18 Å². The Bertz CT molecular complexity index is 1080. The number of piperidine rings is 1. The number of pyridine rings is 1. The van der Waals surface area contributed by atoms with Crippen molar-refractivity contribution in [1.82, 2.24) is 15.0 Å². The number of hydrogen-bond donors (Lipinski definition) is 2. The quantitative estimate of drug-likeness (QED) is 0.604. The first kappa shape index (κ1) is 19.7. The number of hydrogen-bond acceptors (Lipinski definition) is 5. The Morgan fingerprint density at radius 2 is 1.93 bits per heavy atom. The van der Waals surface area contributed by atoms with E-state index in [1.54, 1.807) is 12.1 Å². The van der Waals surface area contributed by atoms with Gasteiger partial charge in [-0.2, -0.15) is 13.2 Å². The lowest BCUT2D eigenvalue weighted by Gasteiger charge is -2.33. The maximum absolute atomic E-state index is 12.7. The lowest BCUT2D eigenvalue weighted by Crippen LogP contribution is -2.40. The lowest BCUT2D eigenvalue weighted by atomic mass is 10.1. The predicted octanol–water partition coefficient (Wildman–Crippen LogP) is 4.18. The van der Waals surface area contributed by atoms with Gasteiger partial charge in [-0.1, -0.05) is 15.9 Å². The summed E-state index contributed by atoms with van der Waals surface area (Å²) < 4.78 is 38.8. The Morgan fingerprint density at radius 1 is 1.17 bits per heavy atom. The Morgan fingerprint density at radius 3 is 2.59 bits per heavy atom. The molecule has 4 rings (SSSR count). The SMILES string of the molecule is O=c1[nH]c(NC2CCN(c3ccc(C(F)(F)F)cn3)CC2)nc2ccc(Br)cc12. The van der Waals surface area contributed by atoms with Crippen LogP contribution in [0.2, 0.25) is 0 Å². The zero-order valence-corrected chi connectivity index (χ0v) is 16.7. The summed E-state index contributed by atoms with van der Waals surface area (Å²) >= 11 is 3.34. The largest absolute Gasteiger partial charge is 0.417 e. The first-order chi connectivity index (χ1) is 13.8. The Balaban J connectivity index is 1.41. The van der Waals surface area contributed by atoms with E-state index in [4.69, 9.17) is 0 Å². The molecule has 2 N–H and O–H groups in total. The highest BCUT2D eigenvalue weighted by atomic mass is 79.9. The van der Waals surface area contributed by atoms with Gasteiger partial charge in [0.15, 0.2) is 0 Å². The zero-order valence-electron chi connectivity index (χ0n) is 15.1. The van der Waals surface area contributed by atoms with Crippen LogP contribution in [0, 0.1) is 0 Å². The average Bonchev–Trinajstić information content (AvgIpc) is 2.69. The molecule has 0 amide bonds. The van der Waals surface area contributed by atoms with Gasteiger partial charge in [0.25, 0.3) is 5.56 Å². The Hall–Kier alpha value is -2.62. The highest BCUT2D eigenvalue weighted by molar-refractivity contribution is 9.10. The molecule has 10 heteroatoms. The van der Waals surface area contributed by atoms with Gasteiger partial charge in [0, 0.05) is 29.8 Å². The van der Waals surface area contributed by atoms with Crippen molar-refractivity contribution in [2.75, 3.05) is 23.3 Å². The smallest absolute Gasteiger partial charge is 0.356 e. The fourth-order valence-corrected chi connectivity index (χ4v) is 3.73. The van der Waals surface area contributed by atoms with Crippen LogP contribution in [0.5, 0.6) is 0 Å². The zero-order chi connectivity index (χ0) is 20.6. The summed E-state index contributed by atoms with van der Waals surface area (Å²) in [6.45, 7) is 1.28. The molecule has 0 unspecified atom stereocenters. The first-order valence-electron chi connectivity index (χ1n) is 9.04. The molecule has 1 aromatic carbocycles. The molecule has 29 heavy (non-hydrogen) atoms. The number of nitrogens with zero attached hydrogens (tertiary/aromatic N) is 3. The van der Waals surface area contributed by atoms with E-state index in [0.29, 0.717) is 35.8 Å². The molecular formula is C19H17BrF3N5O. The van der Waals surface area contributed by atoms with Gasteiger partial charge in [-0.05, 0) is 43.2 Å². The molecule has 0 radical (unpaired) electrons. The van der Waals surface area contributed by atoms with Gasteiger partial charge < -0.3 is 10.2 Å². The van der Waals surface area contributed by atoms with E-state index >= 15 is 0 Å².